The van der Waals surface area contributed by atoms with Gasteiger partial charge in [0.2, 0.25) is 0 Å². The minimum Gasteiger partial charge on any atom is -0.358 e. The highest BCUT2D eigenvalue weighted by Crippen LogP contribution is 2.35. The molecule has 1 atom stereocenters. The summed E-state index contributed by atoms with van der Waals surface area (Å²) in [7, 11) is 0. The number of benzene rings is 1. The van der Waals surface area contributed by atoms with Crippen LogP contribution in [0.1, 0.15) is 50.8 Å². The normalized spacial score (nSPS) is 18.8. The van der Waals surface area contributed by atoms with Gasteiger partial charge >= 0.3 is 0 Å². The molecule has 1 heterocycles. The molecule has 0 radical (unpaired) electrons. The number of hydrogen-bond donors (Lipinski definition) is 1. The van der Waals surface area contributed by atoms with Crippen molar-refractivity contribution < 1.29 is 0 Å². The Morgan fingerprint density at radius 1 is 1.19 bits per heavy atom. The lowest BCUT2D eigenvalue weighted by molar-refractivity contribution is 0.582. The molecule has 1 aromatic carbocycles. The Kier molecular flexibility index (Phi) is 3.33. The Balaban J connectivity index is 0.000000457. The van der Waals surface area contributed by atoms with E-state index in [-0.39, 0.29) is 0 Å². The van der Waals surface area contributed by atoms with E-state index in [0.29, 0.717) is 5.92 Å². The van der Waals surface area contributed by atoms with Crippen molar-refractivity contribution in [2.45, 2.75) is 46.0 Å². The first-order valence-electron chi connectivity index (χ1n) is 6.46. The van der Waals surface area contributed by atoms with Crippen LogP contribution in [0, 0.1) is 0 Å². The monoisotopic (exact) mass is 215 g/mol. The highest BCUT2D eigenvalue weighted by atomic mass is 14.7. The number of hydrogen-bond acceptors (Lipinski definition) is 0. The molecule has 0 amide bonds. The maximum absolute atomic E-state index is 3.57. The molecule has 1 aromatic heterocycles. The molecular weight excluding hydrogens is 194 g/mol. The summed E-state index contributed by atoms with van der Waals surface area (Å²) in [6.07, 6.45) is 3.93. The van der Waals surface area contributed by atoms with Crippen molar-refractivity contribution in [1.82, 2.24) is 4.98 Å². The van der Waals surface area contributed by atoms with E-state index in [0.717, 1.165) is 0 Å². The van der Waals surface area contributed by atoms with Crippen LogP contribution in [0.15, 0.2) is 24.3 Å². The van der Waals surface area contributed by atoms with Gasteiger partial charge in [0.15, 0.2) is 0 Å². The largest absolute Gasteiger partial charge is 0.358 e. The van der Waals surface area contributed by atoms with Crippen molar-refractivity contribution >= 4 is 10.9 Å². The van der Waals surface area contributed by atoms with E-state index in [9.17, 15) is 0 Å². The summed E-state index contributed by atoms with van der Waals surface area (Å²) in [4.78, 5) is 3.57. The van der Waals surface area contributed by atoms with Crippen LogP contribution in [-0.2, 0) is 6.42 Å². The van der Waals surface area contributed by atoms with Crippen molar-refractivity contribution in [1.29, 1.82) is 0 Å². The lowest BCUT2D eigenvalue weighted by Gasteiger charge is -2.18. The number of rotatable bonds is 0. The highest BCUT2D eigenvalue weighted by molar-refractivity contribution is 5.85. The summed E-state index contributed by atoms with van der Waals surface area (Å²) in [6, 6.07) is 8.66. The van der Waals surface area contributed by atoms with Gasteiger partial charge in [-0.3, -0.25) is 0 Å². The molecule has 0 saturated heterocycles. The SMILES string of the molecule is CC.CC1CCCc2c1[nH]c1ccccc21. The maximum atomic E-state index is 3.57. The zero-order valence-corrected chi connectivity index (χ0v) is 10.5. The summed E-state index contributed by atoms with van der Waals surface area (Å²) < 4.78 is 0. The second-order valence-electron chi connectivity index (χ2n) is 4.36. The Bertz CT molecular complexity index is 467. The molecule has 1 unspecified atom stereocenters. The van der Waals surface area contributed by atoms with Crippen LogP contribution >= 0.6 is 0 Å². The van der Waals surface area contributed by atoms with E-state index >= 15 is 0 Å². The molecule has 0 saturated carbocycles. The summed E-state index contributed by atoms with van der Waals surface area (Å²) >= 11 is 0. The van der Waals surface area contributed by atoms with Crippen molar-refractivity contribution in [3.8, 4) is 0 Å². The van der Waals surface area contributed by atoms with Crippen LogP contribution < -0.4 is 0 Å². The molecule has 1 aliphatic rings. The second-order valence-corrected chi connectivity index (χ2v) is 4.36. The molecule has 3 rings (SSSR count). The smallest absolute Gasteiger partial charge is 0.0459 e. The van der Waals surface area contributed by atoms with Gasteiger partial charge in [0.05, 0.1) is 0 Å². The molecule has 2 aromatic rings. The Labute approximate surface area is 97.9 Å². The first-order valence-corrected chi connectivity index (χ1v) is 6.46. The number of aromatic nitrogens is 1. The lowest BCUT2D eigenvalue weighted by atomic mass is 9.88. The Hall–Kier alpha value is -1.24. The molecule has 0 aliphatic heterocycles. The topological polar surface area (TPSA) is 15.8 Å². The molecule has 0 fully saturated rings. The minimum atomic E-state index is 0.714. The average Bonchev–Trinajstić information content (AvgIpc) is 2.72. The molecule has 1 aliphatic carbocycles. The molecule has 1 nitrogen and oxygen atoms in total. The van der Waals surface area contributed by atoms with Crippen molar-refractivity contribution in [2.24, 2.45) is 0 Å². The van der Waals surface area contributed by atoms with Crippen LogP contribution in [0.25, 0.3) is 10.9 Å². The van der Waals surface area contributed by atoms with Crippen LogP contribution in [0.5, 0.6) is 0 Å². The zero-order chi connectivity index (χ0) is 11.5. The van der Waals surface area contributed by atoms with E-state index < -0.39 is 0 Å². The molecule has 1 heteroatoms. The first kappa shape index (κ1) is 11.3. The third kappa shape index (κ3) is 1.75. The number of nitrogens with one attached hydrogen (secondary N) is 1. The van der Waals surface area contributed by atoms with Gasteiger partial charge in [0.1, 0.15) is 0 Å². The van der Waals surface area contributed by atoms with Crippen LogP contribution in [0.2, 0.25) is 0 Å². The number of aryl methyl sites for hydroxylation is 1. The van der Waals surface area contributed by atoms with E-state index in [1.54, 1.807) is 5.56 Å². The van der Waals surface area contributed by atoms with E-state index in [1.807, 2.05) is 13.8 Å². The zero-order valence-electron chi connectivity index (χ0n) is 10.5. The van der Waals surface area contributed by atoms with E-state index in [4.69, 9.17) is 0 Å². The summed E-state index contributed by atoms with van der Waals surface area (Å²) in [5.74, 6) is 0.714. The van der Waals surface area contributed by atoms with Crippen molar-refractivity contribution in [2.75, 3.05) is 0 Å². The highest BCUT2D eigenvalue weighted by Gasteiger charge is 2.20. The van der Waals surface area contributed by atoms with Crippen LogP contribution in [-0.4, -0.2) is 4.98 Å². The number of aromatic amines is 1. The Morgan fingerprint density at radius 3 is 2.75 bits per heavy atom. The minimum absolute atomic E-state index is 0.714. The predicted octanol–water partition coefficient (Wildman–Crippen LogP) is 4.63. The van der Waals surface area contributed by atoms with Gasteiger partial charge in [-0.2, -0.15) is 0 Å². The summed E-state index contributed by atoms with van der Waals surface area (Å²) in [5, 5.41) is 1.44. The van der Waals surface area contributed by atoms with Gasteiger partial charge in [0, 0.05) is 16.6 Å². The average molecular weight is 215 g/mol. The third-order valence-electron chi connectivity index (χ3n) is 3.40. The molecule has 16 heavy (non-hydrogen) atoms. The molecule has 0 bridgehead atoms. The predicted molar refractivity (Wildman–Crippen MR) is 71.0 cm³/mol. The van der Waals surface area contributed by atoms with Crippen LogP contribution in [0.4, 0.5) is 0 Å². The number of H-pyrrole nitrogens is 1. The summed E-state index contributed by atoms with van der Waals surface area (Å²) in [6.45, 7) is 6.33. The quantitative estimate of drug-likeness (QED) is 0.659. The fourth-order valence-corrected chi connectivity index (χ4v) is 2.64. The third-order valence-corrected chi connectivity index (χ3v) is 3.40. The number of fused-ring (bicyclic) bond motifs is 3. The standard InChI is InChI=1S/C13H15N.C2H6/c1-9-5-4-7-11-10-6-2-3-8-12(10)14-13(9)11;1-2/h2-3,6,8-9,14H,4-5,7H2,1H3;1-2H3. The molecule has 1 N–H and O–H groups in total. The van der Waals surface area contributed by atoms with Gasteiger partial charge in [-0.25, -0.2) is 0 Å². The van der Waals surface area contributed by atoms with Gasteiger partial charge < -0.3 is 4.98 Å². The van der Waals surface area contributed by atoms with Gasteiger partial charge in [0.25, 0.3) is 0 Å². The second kappa shape index (κ2) is 4.73. The van der Waals surface area contributed by atoms with Gasteiger partial charge in [-0.15, -0.1) is 0 Å². The fourth-order valence-electron chi connectivity index (χ4n) is 2.64. The summed E-state index contributed by atoms with van der Waals surface area (Å²) in [5.41, 5.74) is 4.36. The van der Waals surface area contributed by atoms with E-state index in [1.165, 1.54) is 35.9 Å². The molecule has 86 valence electrons. The van der Waals surface area contributed by atoms with E-state index in [2.05, 4.69) is 36.2 Å². The van der Waals surface area contributed by atoms with Crippen molar-refractivity contribution in [3.63, 3.8) is 0 Å². The maximum Gasteiger partial charge on any atom is 0.0459 e. The Morgan fingerprint density at radius 2 is 1.94 bits per heavy atom. The van der Waals surface area contributed by atoms with Gasteiger partial charge in [-0.05, 0) is 36.8 Å². The fraction of sp³-hybridized carbons (Fsp3) is 0.467. The number of para-hydroxylation sites is 1. The first-order chi connectivity index (χ1) is 7.86. The molecule has 0 spiro atoms. The molecular formula is C15H21N. The lowest BCUT2D eigenvalue weighted by Crippen LogP contribution is -2.05. The van der Waals surface area contributed by atoms with Crippen LogP contribution in [0.3, 0.4) is 0 Å². The van der Waals surface area contributed by atoms with Crippen molar-refractivity contribution in [3.05, 3.63) is 35.5 Å². The van der Waals surface area contributed by atoms with Gasteiger partial charge in [-0.1, -0.05) is 39.0 Å².